The SMILES string of the molecule is COCCN1CCC(OC(C)=O)C2CCCCC21.Cl. The predicted octanol–water partition coefficient (Wildman–Crippen LogP) is 2.25. The molecule has 1 saturated heterocycles. The number of piperidine rings is 1. The molecule has 0 spiro atoms. The zero-order chi connectivity index (χ0) is 13.0. The molecular formula is C14H26ClNO3. The van der Waals surface area contributed by atoms with E-state index < -0.39 is 0 Å². The van der Waals surface area contributed by atoms with Crippen molar-refractivity contribution >= 4 is 18.4 Å². The molecule has 1 saturated carbocycles. The Labute approximate surface area is 122 Å². The Morgan fingerprint density at radius 3 is 2.68 bits per heavy atom. The van der Waals surface area contributed by atoms with E-state index in [4.69, 9.17) is 9.47 Å². The number of methoxy groups -OCH3 is 1. The maximum absolute atomic E-state index is 11.2. The van der Waals surface area contributed by atoms with Crippen molar-refractivity contribution in [3.05, 3.63) is 0 Å². The van der Waals surface area contributed by atoms with Gasteiger partial charge in [0.1, 0.15) is 6.10 Å². The summed E-state index contributed by atoms with van der Waals surface area (Å²) in [7, 11) is 1.75. The summed E-state index contributed by atoms with van der Waals surface area (Å²) >= 11 is 0. The molecule has 112 valence electrons. The quantitative estimate of drug-likeness (QED) is 0.745. The van der Waals surface area contributed by atoms with Crippen molar-refractivity contribution in [2.24, 2.45) is 5.92 Å². The van der Waals surface area contributed by atoms with Gasteiger partial charge in [-0.15, -0.1) is 12.4 Å². The molecule has 0 aromatic rings. The van der Waals surface area contributed by atoms with E-state index in [9.17, 15) is 4.79 Å². The molecule has 1 aliphatic carbocycles. The lowest BCUT2D eigenvalue weighted by molar-refractivity contribution is -0.156. The van der Waals surface area contributed by atoms with Crippen molar-refractivity contribution in [1.82, 2.24) is 4.90 Å². The van der Waals surface area contributed by atoms with Crippen LogP contribution in [-0.2, 0) is 14.3 Å². The number of ether oxygens (including phenoxy) is 2. The number of rotatable bonds is 4. The molecule has 2 rings (SSSR count). The van der Waals surface area contributed by atoms with Gasteiger partial charge in [-0.25, -0.2) is 0 Å². The highest BCUT2D eigenvalue weighted by molar-refractivity contribution is 5.85. The Morgan fingerprint density at radius 1 is 1.26 bits per heavy atom. The summed E-state index contributed by atoms with van der Waals surface area (Å²) in [6.45, 7) is 4.35. The second kappa shape index (κ2) is 8.08. The van der Waals surface area contributed by atoms with E-state index in [1.807, 2.05) is 0 Å². The van der Waals surface area contributed by atoms with Gasteiger partial charge >= 0.3 is 5.97 Å². The molecule has 1 aliphatic heterocycles. The van der Waals surface area contributed by atoms with Crippen LogP contribution in [0.25, 0.3) is 0 Å². The second-order valence-corrected chi connectivity index (χ2v) is 5.48. The highest BCUT2D eigenvalue weighted by atomic mass is 35.5. The first-order valence-corrected chi connectivity index (χ1v) is 7.12. The van der Waals surface area contributed by atoms with Crippen molar-refractivity contribution in [3.8, 4) is 0 Å². The number of hydrogen-bond donors (Lipinski definition) is 0. The molecule has 3 unspecified atom stereocenters. The maximum atomic E-state index is 11.2. The fourth-order valence-corrected chi connectivity index (χ4v) is 3.55. The normalized spacial score (nSPS) is 31.2. The van der Waals surface area contributed by atoms with Crippen LogP contribution >= 0.6 is 12.4 Å². The molecule has 0 aromatic carbocycles. The fourth-order valence-electron chi connectivity index (χ4n) is 3.55. The van der Waals surface area contributed by atoms with E-state index in [0.29, 0.717) is 12.0 Å². The second-order valence-electron chi connectivity index (χ2n) is 5.48. The molecule has 0 radical (unpaired) electrons. The molecule has 1 heterocycles. The summed E-state index contributed by atoms with van der Waals surface area (Å²) in [5, 5.41) is 0. The number of likely N-dealkylation sites (tertiary alicyclic amines) is 1. The Balaban J connectivity index is 0.00000180. The Morgan fingerprint density at radius 2 is 2.00 bits per heavy atom. The van der Waals surface area contributed by atoms with Crippen LogP contribution in [0.15, 0.2) is 0 Å². The van der Waals surface area contributed by atoms with Crippen LogP contribution < -0.4 is 0 Å². The van der Waals surface area contributed by atoms with Gasteiger partial charge in [0.15, 0.2) is 0 Å². The molecule has 4 nitrogen and oxygen atoms in total. The summed E-state index contributed by atoms with van der Waals surface area (Å²) in [6, 6.07) is 0.590. The maximum Gasteiger partial charge on any atom is 0.302 e. The molecule has 3 atom stereocenters. The van der Waals surface area contributed by atoms with Crippen molar-refractivity contribution in [2.45, 2.75) is 51.2 Å². The lowest BCUT2D eigenvalue weighted by Gasteiger charge is -2.47. The zero-order valence-corrected chi connectivity index (χ0v) is 12.8. The van der Waals surface area contributed by atoms with Gasteiger partial charge < -0.3 is 9.47 Å². The van der Waals surface area contributed by atoms with Crippen LogP contribution in [0.4, 0.5) is 0 Å². The molecule has 0 aromatic heterocycles. The molecule has 2 aliphatic rings. The molecule has 0 bridgehead atoms. The van der Waals surface area contributed by atoms with E-state index in [0.717, 1.165) is 26.1 Å². The smallest absolute Gasteiger partial charge is 0.302 e. The topological polar surface area (TPSA) is 38.8 Å². The van der Waals surface area contributed by atoms with E-state index in [1.54, 1.807) is 7.11 Å². The van der Waals surface area contributed by atoms with Crippen molar-refractivity contribution in [3.63, 3.8) is 0 Å². The summed E-state index contributed by atoms with van der Waals surface area (Å²) in [5.74, 6) is 0.405. The van der Waals surface area contributed by atoms with Crippen LogP contribution in [0.3, 0.4) is 0 Å². The minimum Gasteiger partial charge on any atom is -0.462 e. The fraction of sp³-hybridized carbons (Fsp3) is 0.929. The minimum atomic E-state index is -0.130. The number of carbonyl (C=O) groups is 1. The lowest BCUT2D eigenvalue weighted by atomic mass is 9.76. The first-order valence-electron chi connectivity index (χ1n) is 7.12. The molecule has 5 heteroatoms. The van der Waals surface area contributed by atoms with E-state index in [1.165, 1.54) is 32.6 Å². The number of fused-ring (bicyclic) bond motifs is 1. The van der Waals surface area contributed by atoms with Gasteiger partial charge in [-0.1, -0.05) is 12.8 Å². The average Bonchev–Trinajstić information content (AvgIpc) is 2.37. The van der Waals surface area contributed by atoms with Crippen LogP contribution in [0, 0.1) is 5.92 Å². The Bertz CT molecular complexity index is 288. The van der Waals surface area contributed by atoms with Crippen LogP contribution in [-0.4, -0.2) is 49.8 Å². The third-order valence-corrected chi connectivity index (χ3v) is 4.33. The van der Waals surface area contributed by atoms with E-state index in [2.05, 4.69) is 4.90 Å². The van der Waals surface area contributed by atoms with Gasteiger partial charge in [-0.2, -0.15) is 0 Å². The first-order chi connectivity index (χ1) is 8.72. The molecule has 2 fully saturated rings. The summed E-state index contributed by atoms with van der Waals surface area (Å²) in [5.41, 5.74) is 0. The van der Waals surface area contributed by atoms with Gasteiger partial charge in [-0.3, -0.25) is 9.69 Å². The van der Waals surface area contributed by atoms with E-state index >= 15 is 0 Å². The van der Waals surface area contributed by atoms with Gasteiger partial charge in [-0.05, 0) is 19.3 Å². The average molecular weight is 292 g/mol. The monoisotopic (exact) mass is 291 g/mol. The number of esters is 1. The molecular weight excluding hydrogens is 266 g/mol. The minimum absolute atomic E-state index is 0. The highest BCUT2D eigenvalue weighted by Crippen LogP contribution is 2.36. The van der Waals surface area contributed by atoms with Gasteiger partial charge in [0.05, 0.1) is 6.61 Å². The Kier molecular flexibility index (Phi) is 7.11. The molecule has 19 heavy (non-hydrogen) atoms. The molecule has 0 N–H and O–H groups in total. The van der Waals surface area contributed by atoms with Gasteiger partial charge in [0.25, 0.3) is 0 Å². The number of halogens is 1. The highest BCUT2D eigenvalue weighted by Gasteiger charge is 2.40. The van der Waals surface area contributed by atoms with Gasteiger partial charge in [0, 0.05) is 39.1 Å². The number of hydrogen-bond acceptors (Lipinski definition) is 4. The lowest BCUT2D eigenvalue weighted by Crippen LogP contribution is -2.54. The third-order valence-electron chi connectivity index (χ3n) is 4.33. The summed E-state index contributed by atoms with van der Waals surface area (Å²) < 4.78 is 10.7. The van der Waals surface area contributed by atoms with Crippen molar-refractivity contribution in [2.75, 3.05) is 26.8 Å². The predicted molar refractivity (Wildman–Crippen MR) is 76.6 cm³/mol. The third kappa shape index (κ3) is 4.33. The zero-order valence-electron chi connectivity index (χ0n) is 12.0. The Hall–Kier alpha value is -0.320. The standard InChI is InChI=1S/C14H25NO3.ClH/c1-11(16)18-14-7-8-15(9-10-17-2)13-6-4-3-5-12(13)14;/h12-14H,3-10H2,1-2H3;1H. The van der Waals surface area contributed by atoms with E-state index in [-0.39, 0.29) is 24.5 Å². The first kappa shape index (κ1) is 16.7. The van der Waals surface area contributed by atoms with Crippen molar-refractivity contribution < 1.29 is 14.3 Å². The number of carbonyl (C=O) groups excluding carboxylic acids is 1. The summed E-state index contributed by atoms with van der Waals surface area (Å²) in [4.78, 5) is 13.7. The number of nitrogens with zero attached hydrogens (tertiary/aromatic N) is 1. The van der Waals surface area contributed by atoms with Crippen LogP contribution in [0.1, 0.15) is 39.0 Å². The van der Waals surface area contributed by atoms with Crippen LogP contribution in [0.5, 0.6) is 0 Å². The van der Waals surface area contributed by atoms with Crippen LogP contribution in [0.2, 0.25) is 0 Å². The summed E-state index contributed by atoms with van der Waals surface area (Å²) in [6.07, 6.45) is 6.14. The van der Waals surface area contributed by atoms with Crippen molar-refractivity contribution in [1.29, 1.82) is 0 Å². The largest absolute Gasteiger partial charge is 0.462 e. The van der Waals surface area contributed by atoms with Gasteiger partial charge in [0.2, 0.25) is 0 Å². The molecule has 0 amide bonds.